The maximum absolute atomic E-state index is 12.4. The van der Waals surface area contributed by atoms with E-state index in [1.807, 2.05) is 16.9 Å². The van der Waals surface area contributed by atoms with Gasteiger partial charge in [-0.3, -0.25) is 14.3 Å². The monoisotopic (exact) mass is 290 g/mol. The van der Waals surface area contributed by atoms with Gasteiger partial charge in [0.15, 0.2) is 0 Å². The fourth-order valence-electron chi connectivity index (χ4n) is 2.87. The van der Waals surface area contributed by atoms with Gasteiger partial charge in [0.25, 0.3) is 0 Å². The molecule has 0 bridgehead atoms. The van der Waals surface area contributed by atoms with E-state index in [0.717, 1.165) is 18.5 Å². The zero-order chi connectivity index (χ0) is 15.1. The second-order valence-corrected chi connectivity index (χ2v) is 6.36. The number of amides is 2. The first-order valence-corrected chi connectivity index (χ1v) is 7.62. The Morgan fingerprint density at radius 3 is 2.67 bits per heavy atom. The van der Waals surface area contributed by atoms with Gasteiger partial charge in [0, 0.05) is 12.2 Å². The largest absolute Gasteiger partial charge is 0.343 e. The number of nitrogens with one attached hydrogen (secondary N) is 1. The van der Waals surface area contributed by atoms with Gasteiger partial charge in [0.05, 0.1) is 12.2 Å². The SMILES string of the molecule is CC1NC(=O)C(C2CC2)N(Cc2ccn(C(C)C)n2)C1=O. The maximum atomic E-state index is 12.4. The van der Waals surface area contributed by atoms with Crippen LogP contribution in [0.1, 0.15) is 45.3 Å². The van der Waals surface area contributed by atoms with E-state index in [0.29, 0.717) is 12.5 Å². The van der Waals surface area contributed by atoms with Crippen LogP contribution in [0.5, 0.6) is 0 Å². The van der Waals surface area contributed by atoms with E-state index >= 15 is 0 Å². The summed E-state index contributed by atoms with van der Waals surface area (Å²) >= 11 is 0. The lowest BCUT2D eigenvalue weighted by Gasteiger charge is -2.37. The molecule has 1 aliphatic carbocycles. The van der Waals surface area contributed by atoms with Crippen LogP contribution in [0.25, 0.3) is 0 Å². The molecule has 2 fully saturated rings. The van der Waals surface area contributed by atoms with E-state index in [2.05, 4.69) is 24.3 Å². The molecule has 2 atom stereocenters. The van der Waals surface area contributed by atoms with Crippen molar-refractivity contribution in [2.75, 3.05) is 0 Å². The summed E-state index contributed by atoms with van der Waals surface area (Å²) in [4.78, 5) is 26.4. The molecule has 1 aromatic heterocycles. The van der Waals surface area contributed by atoms with Gasteiger partial charge in [-0.25, -0.2) is 0 Å². The minimum atomic E-state index is -0.445. The van der Waals surface area contributed by atoms with Crippen molar-refractivity contribution in [2.24, 2.45) is 5.92 Å². The van der Waals surface area contributed by atoms with Crippen LogP contribution < -0.4 is 5.32 Å². The lowest BCUT2D eigenvalue weighted by atomic mass is 10.0. The van der Waals surface area contributed by atoms with E-state index < -0.39 is 6.04 Å². The fraction of sp³-hybridized carbons (Fsp3) is 0.667. The first kappa shape index (κ1) is 14.1. The van der Waals surface area contributed by atoms with E-state index in [4.69, 9.17) is 0 Å². The average molecular weight is 290 g/mol. The summed E-state index contributed by atoms with van der Waals surface area (Å²) in [5, 5.41) is 7.28. The number of carbonyl (C=O) groups is 2. The Bertz CT molecular complexity index is 562. The summed E-state index contributed by atoms with van der Waals surface area (Å²) in [5.41, 5.74) is 0.838. The summed E-state index contributed by atoms with van der Waals surface area (Å²) in [6.07, 6.45) is 3.97. The number of hydrogen-bond acceptors (Lipinski definition) is 3. The molecule has 1 aliphatic heterocycles. The topological polar surface area (TPSA) is 67.2 Å². The quantitative estimate of drug-likeness (QED) is 0.902. The highest BCUT2D eigenvalue weighted by Crippen LogP contribution is 2.37. The van der Waals surface area contributed by atoms with E-state index in [1.165, 1.54) is 0 Å². The van der Waals surface area contributed by atoms with Crippen molar-refractivity contribution in [1.29, 1.82) is 0 Å². The zero-order valence-corrected chi connectivity index (χ0v) is 12.7. The third-order valence-corrected chi connectivity index (χ3v) is 4.21. The van der Waals surface area contributed by atoms with Crippen LogP contribution in [-0.4, -0.2) is 38.6 Å². The van der Waals surface area contributed by atoms with E-state index in [-0.39, 0.29) is 23.9 Å². The van der Waals surface area contributed by atoms with E-state index in [1.54, 1.807) is 11.8 Å². The smallest absolute Gasteiger partial charge is 0.245 e. The first-order chi connectivity index (χ1) is 9.97. The molecule has 6 nitrogen and oxygen atoms in total. The van der Waals surface area contributed by atoms with Crippen molar-refractivity contribution in [1.82, 2.24) is 20.0 Å². The highest BCUT2D eigenvalue weighted by atomic mass is 16.2. The number of carbonyl (C=O) groups excluding carboxylic acids is 2. The minimum Gasteiger partial charge on any atom is -0.343 e. The molecule has 0 radical (unpaired) electrons. The second-order valence-electron chi connectivity index (χ2n) is 6.36. The molecular weight excluding hydrogens is 268 g/mol. The fourth-order valence-corrected chi connectivity index (χ4v) is 2.87. The second kappa shape index (κ2) is 5.16. The molecule has 2 amide bonds. The van der Waals surface area contributed by atoms with E-state index in [9.17, 15) is 9.59 Å². The molecule has 2 aliphatic rings. The summed E-state index contributed by atoms with van der Waals surface area (Å²) < 4.78 is 1.87. The minimum absolute atomic E-state index is 0.00871. The maximum Gasteiger partial charge on any atom is 0.245 e. The van der Waals surface area contributed by atoms with Crippen LogP contribution in [0.3, 0.4) is 0 Å². The highest BCUT2D eigenvalue weighted by Gasteiger charge is 2.46. The molecule has 2 heterocycles. The Kier molecular flexibility index (Phi) is 3.47. The lowest BCUT2D eigenvalue weighted by Crippen LogP contribution is -2.62. The third-order valence-electron chi connectivity index (χ3n) is 4.21. The molecule has 21 heavy (non-hydrogen) atoms. The van der Waals surface area contributed by atoms with Crippen LogP contribution in [0.4, 0.5) is 0 Å². The Hall–Kier alpha value is -1.85. The molecule has 1 saturated carbocycles. The standard InChI is InChI=1S/C15H22N4O2/c1-9(2)19-7-6-12(17-19)8-18-13(11-4-5-11)14(20)16-10(3)15(18)21/h6-7,9-11,13H,4-5,8H2,1-3H3,(H,16,20). The molecule has 114 valence electrons. The van der Waals surface area contributed by atoms with Crippen molar-refractivity contribution in [3.8, 4) is 0 Å². The average Bonchev–Trinajstić information content (AvgIpc) is 3.13. The Morgan fingerprint density at radius 2 is 2.10 bits per heavy atom. The first-order valence-electron chi connectivity index (χ1n) is 7.62. The Balaban J connectivity index is 1.81. The summed E-state index contributed by atoms with van der Waals surface area (Å²) in [6, 6.07) is 1.45. The highest BCUT2D eigenvalue weighted by molar-refractivity contribution is 5.97. The number of aromatic nitrogens is 2. The normalized spacial score (nSPS) is 26.4. The Labute approximate surface area is 124 Å². The molecule has 1 aromatic rings. The molecule has 2 unspecified atom stereocenters. The molecule has 1 saturated heterocycles. The van der Waals surface area contributed by atoms with Crippen LogP contribution in [-0.2, 0) is 16.1 Å². The molecule has 6 heteroatoms. The van der Waals surface area contributed by atoms with Crippen molar-refractivity contribution >= 4 is 11.8 Å². The van der Waals surface area contributed by atoms with Gasteiger partial charge >= 0.3 is 0 Å². The van der Waals surface area contributed by atoms with Gasteiger partial charge in [-0.1, -0.05) is 0 Å². The van der Waals surface area contributed by atoms with Gasteiger partial charge in [0.1, 0.15) is 12.1 Å². The Morgan fingerprint density at radius 1 is 1.38 bits per heavy atom. The number of piperazine rings is 1. The van der Waals surface area contributed by atoms with Crippen LogP contribution in [0.15, 0.2) is 12.3 Å². The lowest BCUT2D eigenvalue weighted by molar-refractivity contribution is -0.150. The van der Waals surface area contributed by atoms with Gasteiger partial charge in [-0.2, -0.15) is 5.10 Å². The number of nitrogens with zero attached hydrogens (tertiary/aromatic N) is 3. The third kappa shape index (κ3) is 2.66. The van der Waals surface area contributed by atoms with Gasteiger partial charge in [-0.15, -0.1) is 0 Å². The summed E-state index contributed by atoms with van der Waals surface area (Å²) in [7, 11) is 0. The van der Waals surface area contributed by atoms with Gasteiger partial charge in [-0.05, 0) is 45.6 Å². The van der Waals surface area contributed by atoms with Crippen molar-refractivity contribution in [3.63, 3.8) is 0 Å². The van der Waals surface area contributed by atoms with Crippen molar-refractivity contribution in [3.05, 3.63) is 18.0 Å². The van der Waals surface area contributed by atoms with Crippen molar-refractivity contribution in [2.45, 2.75) is 58.3 Å². The van der Waals surface area contributed by atoms with Gasteiger partial charge < -0.3 is 10.2 Å². The molecule has 0 spiro atoms. The predicted octanol–water partition coefficient (Wildman–Crippen LogP) is 1.09. The molecule has 1 N–H and O–H groups in total. The van der Waals surface area contributed by atoms with Gasteiger partial charge in [0.2, 0.25) is 11.8 Å². The summed E-state index contributed by atoms with van der Waals surface area (Å²) in [6.45, 7) is 6.28. The molecular formula is C15H22N4O2. The molecule has 3 rings (SSSR count). The van der Waals surface area contributed by atoms with Crippen LogP contribution >= 0.6 is 0 Å². The number of hydrogen-bond donors (Lipinski definition) is 1. The van der Waals surface area contributed by atoms with Crippen molar-refractivity contribution < 1.29 is 9.59 Å². The summed E-state index contributed by atoms with van der Waals surface area (Å²) in [5.74, 6) is 0.284. The predicted molar refractivity (Wildman–Crippen MR) is 77.3 cm³/mol. The number of rotatable bonds is 4. The zero-order valence-electron chi connectivity index (χ0n) is 12.7. The van der Waals surface area contributed by atoms with Crippen LogP contribution in [0, 0.1) is 5.92 Å². The van der Waals surface area contributed by atoms with Crippen LogP contribution in [0.2, 0.25) is 0 Å². The molecule has 0 aromatic carbocycles.